The van der Waals surface area contributed by atoms with Crippen molar-refractivity contribution in [2.24, 2.45) is 0 Å². The Labute approximate surface area is 79.2 Å². The van der Waals surface area contributed by atoms with E-state index in [1.54, 1.807) is 0 Å². The predicted molar refractivity (Wildman–Crippen MR) is 56.8 cm³/mol. The Morgan fingerprint density at radius 2 is 1.92 bits per heavy atom. The summed E-state index contributed by atoms with van der Waals surface area (Å²) in [4.78, 5) is 0. The first-order valence-electron chi connectivity index (χ1n) is 4.82. The molecular formula is C11H16N2. The maximum absolute atomic E-state index is 4.23. The first-order valence-corrected chi connectivity index (χ1v) is 4.82. The van der Waals surface area contributed by atoms with Gasteiger partial charge >= 0.3 is 0 Å². The summed E-state index contributed by atoms with van der Waals surface area (Å²) in [5.41, 5.74) is 1.22. The lowest BCUT2D eigenvalue weighted by molar-refractivity contribution is 0.684. The quantitative estimate of drug-likeness (QED) is 0.653. The van der Waals surface area contributed by atoms with Crippen molar-refractivity contribution in [2.75, 3.05) is 0 Å². The van der Waals surface area contributed by atoms with Gasteiger partial charge in [-0.2, -0.15) is 5.10 Å². The molecule has 2 heteroatoms. The molecule has 0 amide bonds. The van der Waals surface area contributed by atoms with Gasteiger partial charge < -0.3 is 0 Å². The van der Waals surface area contributed by atoms with Crippen LogP contribution in [0.4, 0.5) is 0 Å². The van der Waals surface area contributed by atoms with Crippen molar-refractivity contribution in [2.45, 2.75) is 27.3 Å². The fraction of sp³-hybridized carbons (Fsp3) is 0.364. The van der Waals surface area contributed by atoms with Crippen LogP contribution in [0, 0.1) is 0 Å². The van der Waals surface area contributed by atoms with Crippen molar-refractivity contribution < 1.29 is 0 Å². The van der Waals surface area contributed by atoms with E-state index in [0.717, 1.165) is 6.54 Å². The Hall–Kier alpha value is -1.31. The smallest absolute Gasteiger partial charge is 0.0682 e. The Balaban J connectivity index is 0.000000396. The topological polar surface area (TPSA) is 17.8 Å². The van der Waals surface area contributed by atoms with Crippen LogP contribution in [0.2, 0.25) is 0 Å². The van der Waals surface area contributed by atoms with Gasteiger partial charge in [0.2, 0.25) is 0 Å². The van der Waals surface area contributed by atoms with Crippen LogP contribution in [0.15, 0.2) is 30.5 Å². The zero-order valence-corrected chi connectivity index (χ0v) is 8.49. The number of rotatable bonds is 1. The first kappa shape index (κ1) is 9.78. The second-order valence-corrected chi connectivity index (χ2v) is 2.52. The molecule has 0 unspecified atom stereocenters. The molecule has 2 nitrogen and oxygen atoms in total. The van der Waals surface area contributed by atoms with Crippen LogP contribution in [-0.4, -0.2) is 9.78 Å². The standard InChI is InChI=1S/C9H10N2.C2H6/c1-2-11-9-6-4-3-5-8(9)7-10-11;1-2/h3-7H,2H2,1H3;1-2H3. The Morgan fingerprint density at radius 1 is 1.23 bits per heavy atom. The lowest BCUT2D eigenvalue weighted by atomic mass is 10.3. The average molecular weight is 176 g/mol. The van der Waals surface area contributed by atoms with Crippen molar-refractivity contribution in [1.29, 1.82) is 0 Å². The third-order valence-electron chi connectivity index (χ3n) is 1.85. The number of hydrogen-bond acceptors (Lipinski definition) is 1. The Kier molecular flexibility index (Phi) is 3.50. The second-order valence-electron chi connectivity index (χ2n) is 2.52. The molecule has 13 heavy (non-hydrogen) atoms. The van der Waals surface area contributed by atoms with Gasteiger partial charge in [0, 0.05) is 11.9 Å². The van der Waals surface area contributed by atoms with E-state index in [1.807, 2.05) is 36.9 Å². The molecule has 0 saturated carbocycles. The molecule has 0 aliphatic heterocycles. The van der Waals surface area contributed by atoms with Gasteiger partial charge in [-0.05, 0) is 13.0 Å². The molecule has 70 valence electrons. The van der Waals surface area contributed by atoms with Gasteiger partial charge in [-0.15, -0.1) is 0 Å². The third-order valence-corrected chi connectivity index (χ3v) is 1.85. The Morgan fingerprint density at radius 3 is 2.62 bits per heavy atom. The third kappa shape index (κ3) is 1.89. The zero-order chi connectivity index (χ0) is 9.68. The highest BCUT2D eigenvalue weighted by Crippen LogP contribution is 2.11. The highest BCUT2D eigenvalue weighted by atomic mass is 15.3. The molecule has 0 saturated heterocycles. The highest BCUT2D eigenvalue weighted by Gasteiger charge is 1.96. The van der Waals surface area contributed by atoms with Crippen molar-refractivity contribution in [1.82, 2.24) is 9.78 Å². The van der Waals surface area contributed by atoms with Gasteiger partial charge in [0.05, 0.1) is 11.7 Å². The molecule has 0 radical (unpaired) electrons. The fourth-order valence-electron chi connectivity index (χ4n) is 1.28. The van der Waals surface area contributed by atoms with Crippen LogP contribution < -0.4 is 0 Å². The lowest BCUT2D eigenvalue weighted by Crippen LogP contribution is -1.94. The van der Waals surface area contributed by atoms with Crippen LogP contribution in [0.1, 0.15) is 20.8 Å². The van der Waals surface area contributed by atoms with Gasteiger partial charge in [-0.3, -0.25) is 4.68 Å². The summed E-state index contributed by atoms with van der Waals surface area (Å²) in [6.45, 7) is 7.03. The molecule has 1 aromatic carbocycles. The summed E-state index contributed by atoms with van der Waals surface area (Å²) in [6, 6.07) is 8.24. The number of benzene rings is 1. The molecular weight excluding hydrogens is 160 g/mol. The summed E-state index contributed by atoms with van der Waals surface area (Å²) in [5.74, 6) is 0. The van der Waals surface area contributed by atoms with Crippen LogP contribution in [-0.2, 0) is 6.54 Å². The van der Waals surface area contributed by atoms with E-state index in [9.17, 15) is 0 Å². The average Bonchev–Trinajstić information content (AvgIpc) is 2.64. The van der Waals surface area contributed by atoms with Crippen molar-refractivity contribution in [3.8, 4) is 0 Å². The fourth-order valence-corrected chi connectivity index (χ4v) is 1.28. The van der Waals surface area contributed by atoms with Crippen LogP contribution >= 0.6 is 0 Å². The number of aryl methyl sites for hydroxylation is 1. The van der Waals surface area contributed by atoms with Gasteiger partial charge in [-0.1, -0.05) is 32.0 Å². The maximum atomic E-state index is 4.23. The molecule has 0 bridgehead atoms. The number of nitrogens with zero attached hydrogens (tertiary/aromatic N) is 2. The van der Waals surface area contributed by atoms with Crippen molar-refractivity contribution in [3.05, 3.63) is 30.5 Å². The minimum Gasteiger partial charge on any atom is -0.265 e. The van der Waals surface area contributed by atoms with Crippen LogP contribution in [0.3, 0.4) is 0 Å². The summed E-state index contributed by atoms with van der Waals surface area (Å²) < 4.78 is 2.00. The van der Waals surface area contributed by atoms with Crippen molar-refractivity contribution >= 4 is 10.9 Å². The molecule has 0 aliphatic carbocycles. The van der Waals surface area contributed by atoms with E-state index in [0.29, 0.717) is 0 Å². The largest absolute Gasteiger partial charge is 0.265 e. The number of hydrogen-bond donors (Lipinski definition) is 0. The van der Waals surface area contributed by atoms with E-state index in [2.05, 4.69) is 24.2 Å². The summed E-state index contributed by atoms with van der Waals surface area (Å²) in [6.07, 6.45) is 1.90. The van der Waals surface area contributed by atoms with Crippen LogP contribution in [0.25, 0.3) is 10.9 Å². The molecule has 2 rings (SSSR count). The normalized spacial score (nSPS) is 9.46. The molecule has 0 atom stereocenters. The molecule has 0 aliphatic rings. The molecule has 1 heterocycles. The summed E-state index contributed by atoms with van der Waals surface area (Å²) >= 11 is 0. The molecule has 0 fully saturated rings. The van der Waals surface area contributed by atoms with Gasteiger partial charge in [-0.25, -0.2) is 0 Å². The van der Waals surface area contributed by atoms with E-state index >= 15 is 0 Å². The van der Waals surface area contributed by atoms with Gasteiger partial charge in [0.1, 0.15) is 0 Å². The van der Waals surface area contributed by atoms with E-state index in [1.165, 1.54) is 10.9 Å². The van der Waals surface area contributed by atoms with E-state index in [-0.39, 0.29) is 0 Å². The molecule has 1 aromatic heterocycles. The minimum absolute atomic E-state index is 0.938. The second kappa shape index (κ2) is 4.65. The maximum Gasteiger partial charge on any atom is 0.0682 e. The van der Waals surface area contributed by atoms with Gasteiger partial charge in [0.15, 0.2) is 0 Å². The molecule has 2 aromatic rings. The van der Waals surface area contributed by atoms with Gasteiger partial charge in [0.25, 0.3) is 0 Å². The zero-order valence-electron chi connectivity index (χ0n) is 8.49. The SMILES string of the molecule is CC.CCn1ncc2ccccc21. The number of aromatic nitrogens is 2. The highest BCUT2D eigenvalue weighted by molar-refractivity contribution is 5.78. The van der Waals surface area contributed by atoms with Crippen LogP contribution in [0.5, 0.6) is 0 Å². The lowest BCUT2D eigenvalue weighted by Gasteiger charge is -1.95. The predicted octanol–water partition coefficient (Wildman–Crippen LogP) is 3.08. The first-order chi connectivity index (χ1) is 6.42. The number of para-hydroxylation sites is 1. The van der Waals surface area contributed by atoms with E-state index < -0.39 is 0 Å². The minimum atomic E-state index is 0.938. The molecule has 0 N–H and O–H groups in total. The summed E-state index contributed by atoms with van der Waals surface area (Å²) in [5, 5.41) is 5.45. The summed E-state index contributed by atoms with van der Waals surface area (Å²) in [7, 11) is 0. The monoisotopic (exact) mass is 176 g/mol. The molecule has 0 spiro atoms. The van der Waals surface area contributed by atoms with Crippen molar-refractivity contribution in [3.63, 3.8) is 0 Å². The number of fused-ring (bicyclic) bond motifs is 1. The van der Waals surface area contributed by atoms with E-state index in [4.69, 9.17) is 0 Å². The Bertz CT molecular complexity index is 363.